The standard InChI is InChI=1S/C3H6O2.HI.H3N/c1-2-3(4)5;;/h2H2,1H3,(H,4,5);1H;1H3. The van der Waals surface area contributed by atoms with Crippen LogP contribution in [0, 0.1) is 0 Å². The highest BCUT2D eigenvalue weighted by Gasteiger charge is 1.80. The van der Waals surface area contributed by atoms with Gasteiger partial charge in [0.25, 0.3) is 0 Å². The molecule has 4 heteroatoms. The summed E-state index contributed by atoms with van der Waals surface area (Å²) in [5.74, 6) is -0.745. The number of carboxylic acids is 1. The van der Waals surface area contributed by atoms with Crippen LogP contribution >= 0.6 is 24.0 Å². The topological polar surface area (TPSA) is 72.3 Å². The van der Waals surface area contributed by atoms with Gasteiger partial charge in [0.2, 0.25) is 0 Å². The van der Waals surface area contributed by atoms with Crippen LogP contribution in [-0.4, -0.2) is 11.1 Å². The monoisotopic (exact) mass is 219 g/mol. The minimum Gasteiger partial charge on any atom is -0.481 e. The normalized spacial score (nSPS) is 5.29. The van der Waals surface area contributed by atoms with Crippen LogP contribution in [0.15, 0.2) is 0 Å². The van der Waals surface area contributed by atoms with Gasteiger partial charge in [0.15, 0.2) is 0 Å². The van der Waals surface area contributed by atoms with Crippen molar-refractivity contribution in [2.75, 3.05) is 0 Å². The summed E-state index contributed by atoms with van der Waals surface area (Å²) in [4.78, 5) is 9.37. The molecule has 0 aliphatic rings. The number of carboxylic acid groups (broad SMARTS) is 1. The summed E-state index contributed by atoms with van der Waals surface area (Å²) < 4.78 is 0. The lowest BCUT2D eigenvalue weighted by atomic mass is 10.5. The second-order valence-corrected chi connectivity index (χ2v) is 0.747. The average Bonchev–Trinajstić information content (AvgIpc) is 1.38. The van der Waals surface area contributed by atoms with Crippen LogP contribution in [0.5, 0.6) is 0 Å². The van der Waals surface area contributed by atoms with Gasteiger partial charge in [-0.3, -0.25) is 4.79 Å². The Bertz CT molecular complexity index is 48.2. The van der Waals surface area contributed by atoms with E-state index in [-0.39, 0.29) is 36.5 Å². The van der Waals surface area contributed by atoms with Crippen molar-refractivity contribution in [2.24, 2.45) is 0 Å². The Hall–Kier alpha value is 0.160. The van der Waals surface area contributed by atoms with Gasteiger partial charge in [0, 0.05) is 6.42 Å². The first-order valence-corrected chi connectivity index (χ1v) is 1.49. The van der Waals surface area contributed by atoms with Crippen LogP contribution in [0.2, 0.25) is 0 Å². The van der Waals surface area contributed by atoms with Crippen LogP contribution in [0.3, 0.4) is 0 Å². The Morgan fingerprint density at radius 2 is 1.86 bits per heavy atom. The molecule has 0 aromatic rings. The van der Waals surface area contributed by atoms with Crippen molar-refractivity contribution in [1.29, 1.82) is 0 Å². The van der Waals surface area contributed by atoms with E-state index >= 15 is 0 Å². The van der Waals surface area contributed by atoms with Crippen LogP contribution in [0.4, 0.5) is 0 Å². The summed E-state index contributed by atoms with van der Waals surface area (Å²) in [6.07, 6.45) is 0.222. The summed E-state index contributed by atoms with van der Waals surface area (Å²) in [5.41, 5.74) is 0. The molecule has 0 unspecified atom stereocenters. The predicted octanol–water partition coefficient (Wildman–Crippen LogP) is 1.26. The molecule has 0 radical (unpaired) electrons. The van der Waals surface area contributed by atoms with Crippen LogP contribution < -0.4 is 6.15 Å². The SMILES string of the molecule is CCC(=O)O.I.N. The van der Waals surface area contributed by atoms with Gasteiger partial charge in [0.1, 0.15) is 0 Å². The number of rotatable bonds is 1. The zero-order valence-electron chi connectivity index (χ0n) is 4.18. The summed E-state index contributed by atoms with van der Waals surface area (Å²) in [5, 5.41) is 7.72. The molecule has 0 aromatic heterocycles. The fourth-order valence-corrected chi connectivity index (χ4v) is 0. The van der Waals surface area contributed by atoms with Gasteiger partial charge in [-0.1, -0.05) is 6.92 Å². The third-order valence-electron chi connectivity index (χ3n) is 0.302. The molecule has 0 bridgehead atoms. The van der Waals surface area contributed by atoms with Gasteiger partial charge in [-0.15, -0.1) is 24.0 Å². The summed E-state index contributed by atoms with van der Waals surface area (Å²) >= 11 is 0. The number of halogens is 1. The smallest absolute Gasteiger partial charge is 0.303 e. The van der Waals surface area contributed by atoms with Gasteiger partial charge in [-0.05, 0) is 0 Å². The molecule has 0 aromatic carbocycles. The Balaban J connectivity index is -0.0000000800. The van der Waals surface area contributed by atoms with Crippen molar-refractivity contribution in [2.45, 2.75) is 13.3 Å². The maximum atomic E-state index is 9.37. The van der Waals surface area contributed by atoms with Gasteiger partial charge >= 0.3 is 5.97 Å². The summed E-state index contributed by atoms with van der Waals surface area (Å²) in [7, 11) is 0. The predicted molar refractivity (Wildman–Crippen MR) is 38.4 cm³/mol. The Morgan fingerprint density at radius 3 is 1.86 bits per heavy atom. The maximum Gasteiger partial charge on any atom is 0.303 e. The molecule has 0 aliphatic carbocycles. The van der Waals surface area contributed by atoms with Gasteiger partial charge < -0.3 is 11.3 Å². The average molecular weight is 219 g/mol. The lowest BCUT2D eigenvalue weighted by Gasteiger charge is -1.71. The van der Waals surface area contributed by atoms with Crippen LogP contribution in [-0.2, 0) is 4.79 Å². The van der Waals surface area contributed by atoms with Crippen LogP contribution in [0.1, 0.15) is 13.3 Å². The molecule has 0 rings (SSSR count). The highest BCUT2D eigenvalue weighted by Crippen LogP contribution is 1.67. The van der Waals surface area contributed by atoms with Gasteiger partial charge in [0.05, 0.1) is 0 Å². The maximum absolute atomic E-state index is 9.37. The van der Waals surface area contributed by atoms with E-state index in [0.29, 0.717) is 0 Å². The molecule has 0 atom stereocenters. The van der Waals surface area contributed by atoms with Gasteiger partial charge in [-0.25, -0.2) is 0 Å². The molecule has 3 nitrogen and oxygen atoms in total. The van der Waals surface area contributed by atoms with E-state index in [2.05, 4.69) is 0 Å². The summed E-state index contributed by atoms with van der Waals surface area (Å²) in [6, 6.07) is 0. The third kappa shape index (κ3) is 22.8. The number of carbonyl (C=O) groups is 1. The third-order valence-corrected chi connectivity index (χ3v) is 0.302. The lowest BCUT2D eigenvalue weighted by molar-refractivity contribution is -0.136. The van der Waals surface area contributed by atoms with E-state index in [1.54, 1.807) is 6.92 Å². The van der Waals surface area contributed by atoms with E-state index < -0.39 is 5.97 Å². The van der Waals surface area contributed by atoms with E-state index in [4.69, 9.17) is 5.11 Å². The first-order chi connectivity index (χ1) is 2.27. The minimum absolute atomic E-state index is 0. The molecule has 0 fully saturated rings. The highest BCUT2D eigenvalue weighted by molar-refractivity contribution is 14.0. The van der Waals surface area contributed by atoms with Crippen molar-refractivity contribution >= 4 is 29.9 Å². The molecule has 0 heterocycles. The summed E-state index contributed by atoms with van der Waals surface area (Å²) in [6.45, 7) is 1.60. The zero-order chi connectivity index (χ0) is 4.28. The first-order valence-electron chi connectivity index (χ1n) is 1.49. The number of aliphatic carboxylic acids is 1. The van der Waals surface area contributed by atoms with Crippen molar-refractivity contribution in [3.63, 3.8) is 0 Å². The quantitative estimate of drug-likeness (QED) is 0.652. The van der Waals surface area contributed by atoms with E-state index in [9.17, 15) is 4.79 Å². The molecule has 46 valence electrons. The molecule has 7 heavy (non-hydrogen) atoms. The largest absolute Gasteiger partial charge is 0.481 e. The van der Waals surface area contributed by atoms with Crippen LogP contribution in [0.25, 0.3) is 0 Å². The van der Waals surface area contributed by atoms with Crippen molar-refractivity contribution < 1.29 is 9.90 Å². The fraction of sp³-hybridized carbons (Fsp3) is 0.667. The van der Waals surface area contributed by atoms with E-state index in [1.807, 2.05) is 0 Å². The van der Waals surface area contributed by atoms with Crippen molar-refractivity contribution in [3.8, 4) is 0 Å². The Labute approximate surface area is 59.7 Å². The molecule has 0 saturated heterocycles. The second-order valence-electron chi connectivity index (χ2n) is 0.747. The molecule has 0 amide bonds. The lowest BCUT2D eigenvalue weighted by Crippen LogP contribution is -1.86. The first kappa shape index (κ1) is 15.7. The van der Waals surface area contributed by atoms with Crippen molar-refractivity contribution in [3.05, 3.63) is 0 Å². The molecule has 4 N–H and O–H groups in total. The molecular formula is C3H10INO2. The molecule has 0 aliphatic heterocycles. The molecule has 0 saturated carbocycles. The fourth-order valence-electron chi connectivity index (χ4n) is 0. The Kier molecular flexibility index (Phi) is 21.3. The van der Waals surface area contributed by atoms with E-state index in [0.717, 1.165) is 0 Å². The minimum atomic E-state index is -0.745. The Morgan fingerprint density at radius 1 is 1.71 bits per heavy atom. The van der Waals surface area contributed by atoms with Crippen molar-refractivity contribution in [1.82, 2.24) is 6.15 Å². The number of hydrogen-bond donors (Lipinski definition) is 2. The van der Waals surface area contributed by atoms with Gasteiger partial charge in [-0.2, -0.15) is 0 Å². The number of hydrogen-bond acceptors (Lipinski definition) is 2. The molecular weight excluding hydrogens is 209 g/mol. The highest BCUT2D eigenvalue weighted by atomic mass is 127. The second kappa shape index (κ2) is 9.48. The zero-order valence-corrected chi connectivity index (χ0v) is 6.51. The molecule has 0 spiro atoms. The van der Waals surface area contributed by atoms with E-state index in [1.165, 1.54) is 0 Å².